The Bertz CT molecular complexity index is 93.3. The third kappa shape index (κ3) is 7.06. The lowest BCUT2D eigenvalue weighted by molar-refractivity contribution is 0.291. The van der Waals surface area contributed by atoms with E-state index in [1.54, 1.807) is 0 Å². The third-order valence-corrected chi connectivity index (χ3v) is 2.71. The van der Waals surface area contributed by atoms with Crippen molar-refractivity contribution in [3.05, 3.63) is 0 Å². The molecule has 13 heavy (non-hydrogen) atoms. The van der Waals surface area contributed by atoms with Crippen LogP contribution < -0.4 is 0 Å². The Kier molecular flexibility index (Phi) is 8.53. The Morgan fingerprint density at radius 3 is 2.00 bits per heavy atom. The van der Waals surface area contributed by atoms with Crippen molar-refractivity contribution >= 4 is 0 Å². The first-order valence-corrected chi connectivity index (χ1v) is 5.94. The summed E-state index contributed by atoms with van der Waals surface area (Å²) in [5.41, 5.74) is 0. The minimum absolute atomic E-state index is 1.05. The van der Waals surface area contributed by atoms with Crippen LogP contribution in [0.4, 0.5) is 0 Å². The molecule has 1 rings (SSSR count). The van der Waals surface area contributed by atoms with Crippen LogP contribution in [-0.2, 0) is 0 Å². The van der Waals surface area contributed by atoms with Crippen LogP contribution >= 0.6 is 0 Å². The maximum atomic E-state index is 2.30. The molecule has 1 nitrogen and oxygen atoms in total. The lowest BCUT2D eigenvalue weighted by Gasteiger charge is -2.22. The van der Waals surface area contributed by atoms with Crippen LogP contribution in [0, 0.1) is 5.92 Å². The average Bonchev–Trinajstić information content (AvgIpc) is 2.19. The third-order valence-electron chi connectivity index (χ3n) is 2.71. The SMILES string of the molecule is CC.CN(C)CCC1CCCCC1. The van der Waals surface area contributed by atoms with E-state index in [9.17, 15) is 0 Å². The average molecular weight is 185 g/mol. The van der Waals surface area contributed by atoms with Gasteiger partial charge in [-0.15, -0.1) is 0 Å². The van der Waals surface area contributed by atoms with Crippen LogP contribution in [0.2, 0.25) is 0 Å². The molecule has 0 unspecified atom stereocenters. The summed E-state index contributed by atoms with van der Waals surface area (Å²) in [5.74, 6) is 1.05. The van der Waals surface area contributed by atoms with E-state index in [1.807, 2.05) is 13.8 Å². The quantitative estimate of drug-likeness (QED) is 0.650. The highest BCUT2D eigenvalue weighted by atomic mass is 15.0. The van der Waals surface area contributed by atoms with Crippen molar-refractivity contribution in [1.29, 1.82) is 0 Å². The predicted molar refractivity (Wildman–Crippen MR) is 61.1 cm³/mol. The van der Waals surface area contributed by atoms with Gasteiger partial charge in [0.25, 0.3) is 0 Å². The van der Waals surface area contributed by atoms with Gasteiger partial charge >= 0.3 is 0 Å². The zero-order valence-electron chi connectivity index (χ0n) is 9.97. The molecule has 1 saturated carbocycles. The molecule has 1 aliphatic carbocycles. The van der Waals surface area contributed by atoms with E-state index in [0.717, 1.165) is 5.92 Å². The summed E-state index contributed by atoms with van der Waals surface area (Å²) in [6, 6.07) is 0. The highest BCUT2D eigenvalue weighted by Gasteiger charge is 2.12. The molecule has 0 aliphatic heterocycles. The molecule has 0 bridgehead atoms. The Hall–Kier alpha value is -0.0400. The Morgan fingerprint density at radius 2 is 1.54 bits per heavy atom. The molecule has 1 aliphatic rings. The van der Waals surface area contributed by atoms with Gasteiger partial charge in [-0.25, -0.2) is 0 Å². The van der Waals surface area contributed by atoms with Gasteiger partial charge < -0.3 is 4.90 Å². The van der Waals surface area contributed by atoms with Crippen molar-refractivity contribution < 1.29 is 0 Å². The van der Waals surface area contributed by atoms with E-state index in [-0.39, 0.29) is 0 Å². The largest absolute Gasteiger partial charge is 0.309 e. The molecule has 80 valence electrons. The van der Waals surface area contributed by atoms with Crippen LogP contribution in [0.25, 0.3) is 0 Å². The first-order valence-electron chi connectivity index (χ1n) is 5.94. The van der Waals surface area contributed by atoms with Crippen LogP contribution in [-0.4, -0.2) is 25.5 Å². The molecule has 0 aromatic rings. The maximum absolute atomic E-state index is 2.30. The van der Waals surface area contributed by atoms with E-state index in [0.29, 0.717) is 0 Å². The fraction of sp³-hybridized carbons (Fsp3) is 1.00. The van der Waals surface area contributed by atoms with Gasteiger partial charge in [0.05, 0.1) is 0 Å². The van der Waals surface area contributed by atoms with E-state index in [2.05, 4.69) is 19.0 Å². The molecule has 1 heteroatoms. The van der Waals surface area contributed by atoms with Crippen LogP contribution in [0.3, 0.4) is 0 Å². The van der Waals surface area contributed by atoms with Crippen molar-refractivity contribution in [3.8, 4) is 0 Å². The first-order chi connectivity index (χ1) is 6.29. The lowest BCUT2D eigenvalue weighted by Crippen LogP contribution is -2.18. The molecule has 0 radical (unpaired) electrons. The summed E-state index contributed by atoms with van der Waals surface area (Å²) in [5, 5.41) is 0. The normalized spacial score (nSPS) is 18.2. The number of hydrogen-bond donors (Lipinski definition) is 0. The number of hydrogen-bond acceptors (Lipinski definition) is 1. The predicted octanol–water partition coefficient (Wildman–Crippen LogP) is 3.54. The van der Waals surface area contributed by atoms with Gasteiger partial charge in [-0.3, -0.25) is 0 Å². The molecule has 0 heterocycles. The van der Waals surface area contributed by atoms with Crippen molar-refractivity contribution in [2.75, 3.05) is 20.6 Å². The highest BCUT2D eigenvalue weighted by Crippen LogP contribution is 2.25. The van der Waals surface area contributed by atoms with E-state index >= 15 is 0 Å². The minimum atomic E-state index is 1.05. The standard InChI is InChI=1S/C10H21N.C2H6/c1-11(2)9-8-10-6-4-3-5-7-10;1-2/h10H,3-9H2,1-2H3;1-2H3. The molecule has 0 N–H and O–H groups in total. The van der Waals surface area contributed by atoms with Gasteiger partial charge in [-0.1, -0.05) is 46.0 Å². The van der Waals surface area contributed by atoms with Gasteiger partial charge in [0.15, 0.2) is 0 Å². The topological polar surface area (TPSA) is 3.24 Å². The van der Waals surface area contributed by atoms with Crippen molar-refractivity contribution in [2.45, 2.75) is 52.4 Å². The van der Waals surface area contributed by atoms with Gasteiger partial charge in [0, 0.05) is 0 Å². The smallest absolute Gasteiger partial charge is 0.00222 e. The second-order valence-electron chi connectivity index (χ2n) is 4.10. The fourth-order valence-electron chi connectivity index (χ4n) is 1.92. The summed E-state index contributed by atoms with van der Waals surface area (Å²) in [6.07, 6.45) is 8.86. The Morgan fingerprint density at radius 1 is 1.00 bits per heavy atom. The maximum Gasteiger partial charge on any atom is -0.00222 e. The zero-order chi connectivity index (χ0) is 10.1. The summed E-state index contributed by atoms with van der Waals surface area (Å²) >= 11 is 0. The Balaban J connectivity index is 0.000000671. The molecule has 0 saturated heterocycles. The van der Waals surface area contributed by atoms with Crippen molar-refractivity contribution in [3.63, 3.8) is 0 Å². The van der Waals surface area contributed by atoms with Gasteiger partial charge in [-0.05, 0) is 33.0 Å². The monoisotopic (exact) mass is 185 g/mol. The van der Waals surface area contributed by atoms with Crippen LogP contribution in [0.1, 0.15) is 52.4 Å². The van der Waals surface area contributed by atoms with Crippen LogP contribution in [0.15, 0.2) is 0 Å². The summed E-state index contributed by atoms with van der Waals surface area (Å²) in [6.45, 7) is 5.28. The molecular formula is C12H27N. The highest BCUT2D eigenvalue weighted by molar-refractivity contribution is 4.66. The molecule has 0 amide bonds. The second-order valence-corrected chi connectivity index (χ2v) is 4.10. The van der Waals surface area contributed by atoms with Crippen molar-refractivity contribution in [2.24, 2.45) is 5.92 Å². The fourth-order valence-corrected chi connectivity index (χ4v) is 1.92. The van der Waals surface area contributed by atoms with Crippen LogP contribution in [0.5, 0.6) is 0 Å². The molecule has 0 spiro atoms. The van der Waals surface area contributed by atoms with Crippen molar-refractivity contribution in [1.82, 2.24) is 4.90 Å². The lowest BCUT2D eigenvalue weighted by atomic mass is 9.87. The second kappa shape index (κ2) is 8.55. The Labute approximate surface area is 84.5 Å². The molecular weight excluding hydrogens is 158 g/mol. The van der Waals surface area contributed by atoms with E-state index in [1.165, 1.54) is 45.1 Å². The number of rotatable bonds is 3. The van der Waals surface area contributed by atoms with E-state index in [4.69, 9.17) is 0 Å². The summed E-state index contributed by atoms with van der Waals surface area (Å²) < 4.78 is 0. The van der Waals surface area contributed by atoms with E-state index < -0.39 is 0 Å². The first kappa shape index (κ1) is 13.0. The summed E-state index contributed by atoms with van der Waals surface area (Å²) in [4.78, 5) is 2.30. The van der Waals surface area contributed by atoms with Gasteiger partial charge in [-0.2, -0.15) is 0 Å². The number of nitrogens with zero attached hydrogens (tertiary/aromatic N) is 1. The molecule has 0 atom stereocenters. The zero-order valence-corrected chi connectivity index (χ0v) is 9.97. The molecule has 0 aromatic carbocycles. The van der Waals surface area contributed by atoms with Gasteiger partial charge in [0.2, 0.25) is 0 Å². The molecule has 1 fully saturated rings. The summed E-state index contributed by atoms with van der Waals surface area (Å²) in [7, 11) is 4.34. The minimum Gasteiger partial charge on any atom is -0.309 e. The molecule has 0 aromatic heterocycles. The van der Waals surface area contributed by atoms with Gasteiger partial charge in [0.1, 0.15) is 0 Å².